The molecule has 4 nitrogen and oxygen atoms in total. The van der Waals surface area contributed by atoms with Crippen LogP contribution in [0.1, 0.15) is 16.0 Å². The van der Waals surface area contributed by atoms with E-state index in [1.54, 1.807) is 12.1 Å². The van der Waals surface area contributed by atoms with E-state index < -0.39 is 5.91 Å². The van der Waals surface area contributed by atoms with Gasteiger partial charge in [-0.1, -0.05) is 12.1 Å². The van der Waals surface area contributed by atoms with E-state index in [0.29, 0.717) is 5.56 Å². The van der Waals surface area contributed by atoms with Gasteiger partial charge in [0.05, 0.1) is 5.00 Å². The van der Waals surface area contributed by atoms with Crippen LogP contribution in [0.5, 0.6) is 5.75 Å². The van der Waals surface area contributed by atoms with Crippen molar-refractivity contribution < 1.29 is 9.90 Å². The van der Waals surface area contributed by atoms with Crippen LogP contribution in [0.2, 0.25) is 0 Å². The number of anilines is 1. The molecule has 0 bridgehead atoms. The molecule has 21 heavy (non-hydrogen) atoms. The lowest BCUT2D eigenvalue weighted by atomic mass is 10.1. The molecule has 5 heteroatoms. The number of amides is 1. The van der Waals surface area contributed by atoms with Crippen molar-refractivity contribution in [1.29, 1.82) is 5.26 Å². The first-order valence-corrected chi connectivity index (χ1v) is 7.10. The van der Waals surface area contributed by atoms with Crippen LogP contribution in [0.15, 0.2) is 35.9 Å². The number of hydrogen-bond donors (Lipinski definition) is 2. The SMILES string of the molecule is Cc1cc(NC(=O)/C(C#N)=C/c2ccc(O)cc2)sc1C. The van der Waals surface area contributed by atoms with Gasteiger partial charge in [0.25, 0.3) is 5.91 Å². The Hall–Kier alpha value is -2.58. The minimum absolute atomic E-state index is 0.0180. The molecule has 0 spiro atoms. The third kappa shape index (κ3) is 3.71. The molecule has 0 aliphatic carbocycles. The highest BCUT2D eigenvalue weighted by Gasteiger charge is 2.11. The molecule has 1 aromatic heterocycles. The van der Waals surface area contributed by atoms with E-state index >= 15 is 0 Å². The van der Waals surface area contributed by atoms with Crippen LogP contribution in [-0.2, 0) is 4.79 Å². The van der Waals surface area contributed by atoms with Gasteiger partial charge in [-0.05, 0) is 49.2 Å². The summed E-state index contributed by atoms with van der Waals surface area (Å²) in [5.74, 6) is -0.300. The molecular weight excluding hydrogens is 284 g/mol. The normalized spacial score (nSPS) is 11.0. The summed E-state index contributed by atoms with van der Waals surface area (Å²) in [5, 5.41) is 21.8. The molecule has 2 aromatic rings. The van der Waals surface area contributed by atoms with Crippen LogP contribution in [-0.4, -0.2) is 11.0 Å². The van der Waals surface area contributed by atoms with Gasteiger partial charge in [-0.15, -0.1) is 11.3 Å². The van der Waals surface area contributed by atoms with Crippen LogP contribution in [0.3, 0.4) is 0 Å². The lowest BCUT2D eigenvalue weighted by Crippen LogP contribution is -2.12. The fourth-order valence-electron chi connectivity index (χ4n) is 1.70. The van der Waals surface area contributed by atoms with Crippen molar-refractivity contribution in [2.45, 2.75) is 13.8 Å². The van der Waals surface area contributed by atoms with Gasteiger partial charge in [-0.2, -0.15) is 5.26 Å². The van der Waals surface area contributed by atoms with Crippen molar-refractivity contribution in [2.24, 2.45) is 0 Å². The summed E-state index contributed by atoms with van der Waals surface area (Å²) in [5.41, 5.74) is 1.80. The van der Waals surface area contributed by atoms with Crippen molar-refractivity contribution in [3.8, 4) is 11.8 Å². The van der Waals surface area contributed by atoms with Crippen LogP contribution in [0.25, 0.3) is 6.08 Å². The Morgan fingerprint density at radius 1 is 1.33 bits per heavy atom. The van der Waals surface area contributed by atoms with Gasteiger partial charge in [0.15, 0.2) is 0 Å². The van der Waals surface area contributed by atoms with Gasteiger partial charge >= 0.3 is 0 Å². The lowest BCUT2D eigenvalue weighted by molar-refractivity contribution is -0.112. The molecule has 0 unspecified atom stereocenters. The highest BCUT2D eigenvalue weighted by molar-refractivity contribution is 7.16. The molecule has 0 radical (unpaired) electrons. The quantitative estimate of drug-likeness (QED) is 0.671. The third-order valence-corrected chi connectivity index (χ3v) is 4.04. The number of nitrogens with one attached hydrogen (secondary N) is 1. The number of nitriles is 1. The maximum Gasteiger partial charge on any atom is 0.266 e. The number of aryl methyl sites for hydroxylation is 2. The number of rotatable bonds is 3. The van der Waals surface area contributed by atoms with Crippen LogP contribution in [0, 0.1) is 25.2 Å². The molecular formula is C16H14N2O2S. The van der Waals surface area contributed by atoms with Crippen molar-refractivity contribution in [1.82, 2.24) is 0 Å². The van der Waals surface area contributed by atoms with Gasteiger partial charge < -0.3 is 10.4 Å². The maximum atomic E-state index is 12.1. The third-order valence-electron chi connectivity index (χ3n) is 2.97. The number of phenolic OH excluding ortho intramolecular Hbond substituents is 1. The summed E-state index contributed by atoms with van der Waals surface area (Å²) >= 11 is 1.48. The predicted octanol–water partition coefficient (Wildman–Crippen LogP) is 3.62. The van der Waals surface area contributed by atoms with E-state index in [4.69, 9.17) is 5.26 Å². The second kappa shape index (κ2) is 6.25. The predicted molar refractivity (Wildman–Crippen MR) is 84.1 cm³/mol. The zero-order chi connectivity index (χ0) is 15.4. The van der Waals surface area contributed by atoms with Crippen molar-refractivity contribution in [3.05, 3.63) is 51.9 Å². The summed E-state index contributed by atoms with van der Waals surface area (Å²) in [7, 11) is 0. The topological polar surface area (TPSA) is 73.1 Å². The first-order chi connectivity index (χ1) is 9.99. The maximum absolute atomic E-state index is 12.1. The fraction of sp³-hybridized carbons (Fsp3) is 0.125. The smallest absolute Gasteiger partial charge is 0.266 e. The summed E-state index contributed by atoms with van der Waals surface area (Å²) < 4.78 is 0. The van der Waals surface area contributed by atoms with Crippen molar-refractivity contribution in [3.63, 3.8) is 0 Å². The van der Waals surface area contributed by atoms with Gasteiger partial charge in [-0.25, -0.2) is 0 Å². The van der Waals surface area contributed by atoms with Crippen LogP contribution >= 0.6 is 11.3 Å². The number of benzene rings is 1. The summed E-state index contributed by atoms with van der Waals surface area (Å²) in [6.07, 6.45) is 1.49. The molecule has 0 aliphatic heterocycles. The van der Waals surface area contributed by atoms with Crippen molar-refractivity contribution in [2.75, 3.05) is 5.32 Å². The Morgan fingerprint density at radius 3 is 2.52 bits per heavy atom. The molecule has 0 fully saturated rings. The minimum Gasteiger partial charge on any atom is -0.508 e. The number of phenols is 1. The second-order valence-electron chi connectivity index (χ2n) is 4.57. The standard InChI is InChI=1S/C16H14N2O2S/c1-10-7-15(21-11(10)2)18-16(20)13(9-17)8-12-3-5-14(19)6-4-12/h3-8,19H,1-2H3,(H,18,20)/b13-8+. The zero-order valence-corrected chi connectivity index (χ0v) is 12.5. The summed E-state index contributed by atoms with van der Waals surface area (Å²) in [6, 6.07) is 10.1. The highest BCUT2D eigenvalue weighted by Crippen LogP contribution is 2.26. The Morgan fingerprint density at radius 2 is 2.00 bits per heavy atom. The monoisotopic (exact) mass is 298 g/mol. The average molecular weight is 298 g/mol. The van der Waals surface area contributed by atoms with Crippen LogP contribution < -0.4 is 5.32 Å². The van der Waals surface area contributed by atoms with Gasteiger partial charge in [-0.3, -0.25) is 4.79 Å². The van der Waals surface area contributed by atoms with E-state index in [1.807, 2.05) is 26.0 Å². The molecule has 2 N–H and O–H groups in total. The first-order valence-electron chi connectivity index (χ1n) is 6.29. The Balaban J connectivity index is 2.19. The fourth-order valence-corrected chi connectivity index (χ4v) is 2.63. The van der Waals surface area contributed by atoms with E-state index in [0.717, 1.165) is 15.4 Å². The Kier molecular flexibility index (Phi) is 4.41. The van der Waals surface area contributed by atoms with Gasteiger partial charge in [0, 0.05) is 4.88 Å². The molecule has 1 amide bonds. The summed E-state index contributed by atoms with van der Waals surface area (Å²) in [4.78, 5) is 13.2. The van der Waals surface area contributed by atoms with E-state index in [2.05, 4.69) is 5.32 Å². The molecule has 0 saturated heterocycles. The van der Waals surface area contributed by atoms with Gasteiger partial charge in [0.1, 0.15) is 17.4 Å². The lowest BCUT2D eigenvalue weighted by Gasteiger charge is -2.01. The highest BCUT2D eigenvalue weighted by atomic mass is 32.1. The average Bonchev–Trinajstić information content (AvgIpc) is 2.76. The second-order valence-corrected chi connectivity index (χ2v) is 5.82. The number of thiophene rings is 1. The number of carbonyl (C=O) groups excluding carboxylic acids is 1. The molecule has 0 aliphatic rings. The molecule has 2 rings (SSSR count). The van der Waals surface area contributed by atoms with Gasteiger partial charge in [0.2, 0.25) is 0 Å². The molecule has 1 heterocycles. The Bertz CT molecular complexity index is 717. The molecule has 0 saturated carbocycles. The number of aromatic hydroxyl groups is 1. The van der Waals surface area contributed by atoms with E-state index in [9.17, 15) is 9.90 Å². The number of carbonyl (C=O) groups is 1. The minimum atomic E-state index is -0.438. The first kappa shape index (κ1) is 14.8. The van der Waals surface area contributed by atoms with E-state index in [1.165, 1.54) is 29.5 Å². The number of nitrogens with zero attached hydrogens (tertiary/aromatic N) is 1. The largest absolute Gasteiger partial charge is 0.508 e. The summed E-state index contributed by atoms with van der Waals surface area (Å²) in [6.45, 7) is 3.95. The molecule has 1 aromatic carbocycles. The molecule has 0 atom stereocenters. The van der Waals surface area contributed by atoms with Crippen molar-refractivity contribution >= 4 is 28.3 Å². The Labute approximate surface area is 127 Å². The molecule has 106 valence electrons. The number of hydrogen-bond acceptors (Lipinski definition) is 4. The van der Waals surface area contributed by atoms with Crippen LogP contribution in [0.4, 0.5) is 5.00 Å². The zero-order valence-electron chi connectivity index (χ0n) is 11.7. The van der Waals surface area contributed by atoms with E-state index in [-0.39, 0.29) is 11.3 Å².